The van der Waals surface area contributed by atoms with Gasteiger partial charge in [-0.25, -0.2) is 0 Å². The molecule has 0 aromatic carbocycles. The summed E-state index contributed by atoms with van der Waals surface area (Å²) in [6.45, 7) is 29.0. The Hall–Kier alpha value is -0.820. The van der Waals surface area contributed by atoms with Gasteiger partial charge in [0.15, 0.2) is 0 Å². The van der Waals surface area contributed by atoms with Gasteiger partial charge in [0, 0.05) is 28.3 Å². The molecule has 4 nitrogen and oxygen atoms in total. The van der Waals surface area contributed by atoms with E-state index in [4.69, 9.17) is 18.6 Å². The Bertz CT molecular complexity index is 322. The molecule has 0 aliphatic heterocycles. The van der Waals surface area contributed by atoms with Crippen molar-refractivity contribution in [3.05, 3.63) is 54.8 Å². The molecule has 0 amide bonds. The van der Waals surface area contributed by atoms with Crippen molar-refractivity contribution in [2.75, 3.05) is 0 Å². The van der Waals surface area contributed by atoms with E-state index in [0.29, 0.717) is 0 Å². The van der Waals surface area contributed by atoms with Gasteiger partial charge in [0.1, 0.15) is 0 Å². The van der Waals surface area contributed by atoms with Gasteiger partial charge in [-0.15, -0.1) is 0 Å². The summed E-state index contributed by atoms with van der Waals surface area (Å²) < 4.78 is 30.0. The maximum absolute atomic E-state index is 7.50. The van der Waals surface area contributed by atoms with Gasteiger partial charge < -0.3 is 0 Å². The molecule has 0 aromatic rings. The summed E-state index contributed by atoms with van der Waals surface area (Å²) in [5.74, 6) is 1.47. The molecule has 2 radical (unpaired) electrons. The van der Waals surface area contributed by atoms with E-state index in [0.717, 1.165) is 0 Å². The SMILES string of the molecule is C[C]1C(C)=C(C)C(C)=C1C.[C-]#[O+].[C-]#[O+].[C-]#[O+].[C-]#[O+].[Nb]. The summed E-state index contributed by atoms with van der Waals surface area (Å²) in [7, 11) is 0. The molecule has 0 saturated carbocycles. The fourth-order valence-electron chi connectivity index (χ4n) is 1.41. The molecule has 1 aliphatic carbocycles. The van der Waals surface area contributed by atoms with Crippen molar-refractivity contribution >= 4 is 0 Å². The molecule has 100 valence electrons. The summed E-state index contributed by atoms with van der Waals surface area (Å²) in [6.07, 6.45) is 0. The first-order valence-electron chi connectivity index (χ1n) is 4.57. The average Bonchev–Trinajstić information content (AvgIpc) is 2.65. The van der Waals surface area contributed by atoms with Crippen LogP contribution in [0.5, 0.6) is 0 Å². The van der Waals surface area contributed by atoms with Gasteiger partial charge in [0.2, 0.25) is 0 Å². The Morgan fingerprint density at radius 1 is 0.474 bits per heavy atom. The van der Waals surface area contributed by atoms with Gasteiger partial charge in [-0.2, -0.15) is 0 Å². The molecule has 0 fully saturated rings. The molecule has 1 aliphatic rings. The third-order valence-corrected chi connectivity index (χ3v) is 2.81. The van der Waals surface area contributed by atoms with E-state index in [2.05, 4.69) is 61.2 Å². The van der Waals surface area contributed by atoms with Gasteiger partial charge in [0.05, 0.1) is 0 Å². The van der Waals surface area contributed by atoms with Crippen molar-refractivity contribution in [3.63, 3.8) is 0 Å². The largest absolute Gasteiger partial charge is 0 e. The fourth-order valence-corrected chi connectivity index (χ4v) is 1.41. The third-order valence-electron chi connectivity index (χ3n) is 2.81. The Labute approximate surface area is 130 Å². The molecule has 19 heavy (non-hydrogen) atoms. The first-order chi connectivity index (χ1) is 8.55. The van der Waals surface area contributed by atoms with Crippen LogP contribution in [0.2, 0.25) is 0 Å². The first-order valence-corrected chi connectivity index (χ1v) is 4.57. The van der Waals surface area contributed by atoms with Crippen LogP contribution in [0.25, 0.3) is 0 Å². The van der Waals surface area contributed by atoms with E-state index in [1.54, 1.807) is 0 Å². The van der Waals surface area contributed by atoms with E-state index < -0.39 is 0 Å². The van der Waals surface area contributed by atoms with E-state index in [1.165, 1.54) is 28.2 Å². The Morgan fingerprint density at radius 2 is 0.632 bits per heavy atom. The van der Waals surface area contributed by atoms with E-state index >= 15 is 0 Å². The molecule has 1 rings (SSSR count). The third kappa shape index (κ3) is 10.8. The summed E-state index contributed by atoms with van der Waals surface area (Å²) in [5.41, 5.74) is 5.87. The van der Waals surface area contributed by atoms with Gasteiger partial charge >= 0.3 is 45.2 Å². The van der Waals surface area contributed by atoms with Gasteiger partial charge in [-0.05, 0) is 38.8 Å². The monoisotopic (exact) mass is 340 g/mol. The van der Waals surface area contributed by atoms with Crippen LogP contribution in [-0.2, 0) is 41.0 Å². The van der Waals surface area contributed by atoms with Crippen LogP contribution >= 0.6 is 0 Å². The standard InChI is InChI=1S/C10H15.4CO.Nb/c1-6-7(2)9(4)10(5)8(6)3;4*1-2;/h1-5H3;;;;;. The van der Waals surface area contributed by atoms with Crippen LogP contribution in [0.4, 0.5) is 0 Å². The van der Waals surface area contributed by atoms with Gasteiger partial charge in [0.25, 0.3) is 0 Å². The molecule has 5 heteroatoms. The normalized spacial score (nSPS) is 11.6. The topological polar surface area (TPSA) is 79.6 Å². The molecule has 0 N–H and O–H groups in total. The summed E-state index contributed by atoms with van der Waals surface area (Å²) >= 11 is 0. The molecule has 0 saturated heterocycles. The predicted octanol–water partition coefficient (Wildman–Crippen LogP) is 3.11. The zero-order chi connectivity index (χ0) is 15.9. The second-order valence-electron chi connectivity index (χ2n) is 3.12. The van der Waals surface area contributed by atoms with Crippen LogP contribution in [0.1, 0.15) is 34.6 Å². The van der Waals surface area contributed by atoms with E-state index in [-0.39, 0.29) is 22.4 Å². The zero-order valence-corrected chi connectivity index (χ0v) is 13.8. The Balaban J connectivity index is -0.0000000628. The Kier molecular flexibility index (Phi) is 36.4. The van der Waals surface area contributed by atoms with Crippen molar-refractivity contribution < 1.29 is 41.0 Å². The maximum atomic E-state index is 7.50. The smallest absolute Gasteiger partial charge is 0 e. The molecule has 0 unspecified atom stereocenters. The van der Waals surface area contributed by atoms with Crippen molar-refractivity contribution in [3.8, 4) is 0 Å². The molecule has 0 heterocycles. The number of hydrogen-bond acceptors (Lipinski definition) is 0. The first kappa shape index (κ1) is 30.9. The van der Waals surface area contributed by atoms with E-state index in [1.807, 2.05) is 0 Å². The molecular formula is C14H15NbO4. The van der Waals surface area contributed by atoms with Crippen LogP contribution in [0.3, 0.4) is 0 Å². The second kappa shape index (κ2) is 22.4. The molecular weight excluding hydrogens is 325 g/mol. The van der Waals surface area contributed by atoms with Gasteiger partial charge in [-0.3, -0.25) is 0 Å². The zero-order valence-electron chi connectivity index (χ0n) is 11.6. The van der Waals surface area contributed by atoms with Crippen molar-refractivity contribution in [1.29, 1.82) is 0 Å². The fraction of sp³-hybridized carbons (Fsp3) is 0.357. The molecule has 0 bridgehead atoms. The molecule has 0 aromatic heterocycles. The average molecular weight is 340 g/mol. The minimum Gasteiger partial charge on any atom is 0 e. The minimum atomic E-state index is 0. The van der Waals surface area contributed by atoms with Crippen LogP contribution in [-0.4, -0.2) is 0 Å². The maximum Gasteiger partial charge on any atom is 0 e. The van der Waals surface area contributed by atoms with Crippen LogP contribution in [0.15, 0.2) is 22.3 Å². The number of rotatable bonds is 0. The summed E-state index contributed by atoms with van der Waals surface area (Å²) in [6, 6.07) is 0. The molecule has 0 atom stereocenters. The summed E-state index contributed by atoms with van der Waals surface area (Å²) in [5, 5.41) is 0. The van der Waals surface area contributed by atoms with Gasteiger partial charge in [-0.1, -0.05) is 18.1 Å². The van der Waals surface area contributed by atoms with Crippen molar-refractivity contribution in [2.45, 2.75) is 34.6 Å². The van der Waals surface area contributed by atoms with Crippen molar-refractivity contribution in [2.24, 2.45) is 0 Å². The number of allylic oxidation sites excluding steroid dienone is 4. The summed E-state index contributed by atoms with van der Waals surface area (Å²) in [4.78, 5) is 0. The Morgan fingerprint density at radius 3 is 0.684 bits per heavy atom. The second-order valence-corrected chi connectivity index (χ2v) is 3.12. The van der Waals surface area contributed by atoms with Crippen LogP contribution < -0.4 is 0 Å². The van der Waals surface area contributed by atoms with Crippen LogP contribution in [0, 0.1) is 32.5 Å². The minimum absolute atomic E-state index is 0. The van der Waals surface area contributed by atoms with Crippen molar-refractivity contribution in [1.82, 2.24) is 0 Å². The quantitative estimate of drug-likeness (QED) is 0.369. The number of hydrogen-bond donors (Lipinski definition) is 0. The molecule has 0 spiro atoms. The predicted molar refractivity (Wildman–Crippen MR) is 61.4 cm³/mol. The van der Waals surface area contributed by atoms with E-state index in [9.17, 15) is 0 Å².